The quantitative estimate of drug-likeness (QED) is 0.288. The lowest BCUT2D eigenvalue weighted by Crippen LogP contribution is -2.29. The number of para-hydroxylation sites is 1. The van der Waals surface area contributed by atoms with Crippen molar-refractivity contribution in [2.75, 3.05) is 33.5 Å². The Kier molecular flexibility index (Phi) is 7.85. The number of nitrogens with one attached hydrogen (secondary N) is 1. The standard InChI is InChI=1S/C22H24N4O5/c1-30-13-14-31-12-11-23-21(27)15-18-16-25(19-5-3-2-4-6-19)24-22(18)17-7-9-20(10-8-17)26(28)29/h2-10,16H,11-15H2,1H3,(H,23,27). The number of nitro benzene ring substituents is 1. The Hall–Kier alpha value is -3.56. The maximum atomic E-state index is 12.5. The van der Waals surface area contributed by atoms with Crippen LogP contribution in [0.3, 0.4) is 0 Å². The Bertz CT molecular complexity index is 1000. The van der Waals surface area contributed by atoms with Crippen molar-refractivity contribution >= 4 is 11.6 Å². The topological polar surface area (TPSA) is 109 Å². The highest BCUT2D eigenvalue weighted by molar-refractivity contribution is 5.81. The number of rotatable bonds is 11. The highest BCUT2D eigenvalue weighted by Gasteiger charge is 2.16. The van der Waals surface area contributed by atoms with Crippen LogP contribution in [0.15, 0.2) is 60.8 Å². The Labute approximate surface area is 179 Å². The Morgan fingerprint density at radius 1 is 1.10 bits per heavy atom. The molecular formula is C22H24N4O5. The number of amides is 1. The molecule has 9 heteroatoms. The first-order chi connectivity index (χ1) is 15.1. The first kappa shape index (κ1) is 22.1. The monoisotopic (exact) mass is 424 g/mol. The number of hydrogen-bond donors (Lipinski definition) is 1. The normalized spacial score (nSPS) is 10.7. The molecule has 3 rings (SSSR count). The molecule has 0 fully saturated rings. The van der Waals surface area contributed by atoms with Crippen molar-refractivity contribution in [1.82, 2.24) is 15.1 Å². The van der Waals surface area contributed by atoms with Crippen LogP contribution in [0.4, 0.5) is 5.69 Å². The van der Waals surface area contributed by atoms with E-state index < -0.39 is 4.92 Å². The van der Waals surface area contributed by atoms with E-state index >= 15 is 0 Å². The van der Waals surface area contributed by atoms with Gasteiger partial charge >= 0.3 is 0 Å². The van der Waals surface area contributed by atoms with Crippen LogP contribution in [0, 0.1) is 10.1 Å². The van der Waals surface area contributed by atoms with Gasteiger partial charge < -0.3 is 14.8 Å². The largest absolute Gasteiger partial charge is 0.382 e. The molecule has 0 radical (unpaired) electrons. The summed E-state index contributed by atoms with van der Waals surface area (Å²) in [4.78, 5) is 23.0. The van der Waals surface area contributed by atoms with Crippen molar-refractivity contribution in [3.8, 4) is 16.9 Å². The average Bonchev–Trinajstić information content (AvgIpc) is 3.20. The van der Waals surface area contributed by atoms with Crippen LogP contribution in [-0.4, -0.2) is 54.1 Å². The number of ether oxygens (including phenoxy) is 2. The fourth-order valence-corrected chi connectivity index (χ4v) is 2.98. The molecule has 1 N–H and O–H groups in total. The first-order valence-corrected chi connectivity index (χ1v) is 9.80. The molecule has 0 aliphatic heterocycles. The number of benzene rings is 2. The fourth-order valence-electron chi connectivity index (χ4n) is 2.98. The SMILES string of the molecule is COCCOCCNC(=O)Cc1cn(-c2ccccc2)nc1-c1ccc([N+](=O)[O-])cc1. The van der Waals surface area contributed by atoms with Gasteiger partial charge in [0.2, 0.25) is 5.91 Å². The molecule has 162 valence electrons. The molecule has 0 atom stereocenters. The maximum absolute atomic E-state index is 12.5. The second kappa shape index (κ2) is 11.0. The van der Waals surface area contributed by atoms with Gasteiger partial charge in [-0.3, -0.25) is 14.9 Å². The molecule has 0 saturated heterocycles. The average molecular weight is 424 g/mol. The van der Waals surface area contributed by atoms with E-state index in [1.807, 2.05) is 30.3 Å². The summed E-state index contributed by atoms with van der Waals surface area (Å²) in [6.07, 6.45) is 1.93. The van der Waals surface area contributed by atoms with Crippen molar-refractivity contribution in [2.45, 2.75) is 6.42 Å². The third-order valence-electron chi connectivity index (χ3n) is 4.51. The third-order valence-corrected chi connectivity index (χ3v) is 4.51. The Morgan fingerprint density at radius 3 is 2.52 bits per heavy atom. The molecule has 0 bridgehead atoms. The lowest BCUT2D eigenvalue weighted by atomic mass is 10.1. The van der Waals surface area contributed by atoms with Gasteiger partial charge in [-0.2, -0.15) is 5.10 Å². The molecule has 1 amide bonds. The molecule has 1 heterocycles. The third kappa shape index (κ3) is 6.21. The van der Waals surface area contributed by atoms with Gasteiger partial charge in [-0.25, -0.2) is 4.68 Å². The second-order valence-corrected chi connectivity index (χ2v) is 6.72. The van der Waals surface area contributed by atoms with Crippen molar-refractivity contribution in [3.63, 3.8) is 0 Å². The van der Waals surface area contributed by atoms with Gasteiger partial charge in [0.1, 0.15) is 0 Å². The van der Waals surface area contributed by atoms with E-state index in [2.05, 4.69) is 10.4 Å². The van der Waals surface area contributed by atoms with Crippen LogP contribution in [0.1, 0.15) is 5.56 Å². The number of non-ortho nitro benzene ring substituents is 1. The van der Waals surface area contributed by atoms with Crippen LogP contribution >= 0.6 is 0 Å². The van der Waals surface area contributed by atoms with Crippen LogP contribution in [0.2, 0.25) is 0 Å². The van der Waals surface area contributed by atoms with Gasteiger partial charge in [0.25, 0.3) is 5.69 Å². The summed E-state index contributed by atoms with van der Waals surface area (Å²) in [6.45, 7) is 1.77. The van der Waals surface area contributed by atoms with Crippen molar-refractivity contribution < 1.29 is 19.2 Å². The van der Waals surface area contributed by atoms with E-state index in [-0.39, 0.29) is 18.0 Å². The summed E-state index contributed by atoms with van der Waals surface area (Å²) in [5.41, 5.74) is 2.87. The summed E-state index contributed by atoms with van der Waals surface area (Å²) >= 11 is 0. The molecular weight excluding hydrogens is 400 g/mol. The molecule has 0 aliphatic rings. The molecule has 1 aromatic heterocycles. The van der Waals surface area contributed by atoms with Gasteiger partial charge in [0.05, 0.1) is 42.5 Å². The summed E-state index contributed by atoms with van der Waals surface area (Å²) < 4.78 is 12.0. The maximum Gasteiger partial charge on any atom is 0.269 e. The van der Waals surface area contributed by atoms with Gasteiger partial charge in [0, 0.05) is 43.1 Å². The zero-order valence-corrected chi connectivity index (χ0v) is 17.2. The van der Waals surface area contributed by atoms with E-state index in [9.17, 15) is 14.9 Å². The lowest BCUT2D eigenvalue weighted by molar-refractivity contribution is -0.384. The van der Waals surface area contributed by atoms with Crippen LogP contribution in [-0.2, 0) is 20.7 Å². The van der Waals surface area contributed by atoms with E-state index in [1.165, 1.54) is 12.1 Å². The second-order valence-electron chi connectivity index (χ2n) is 6.72. The van der Waals surface area contributed by atoms with Crippen LogP contribution < -0.4 is 5.32 Å². The van der Waals surface area contributed by atoms with Crippen LogP contribution in [0.5, 0.6) is 0 Å². The highest BCUT2D eigenvalue weighted by Crippen LogP contribution is 2.26. The zero-order chi connectivity index (χ0) is 22.1. The molecule has 0 unspecified atom stereocenters. The van der Waals surface area contributed by atoms with Crippen molar-refractivity contribution in [1.29, 1.82) is 0 Å². The minimum Gasteiger partial charge on any atom is -0.382 e. The molecule has 0 saturated carbocycles. The van der Waals surface area contributed by atoms with E-state index in [0.717, 1.165) is 11.3 Å². The van der Waals surface area contributed by atoms with Gasteiger partial charge in [0.15, 0.2) is 0 Å². The van der Waals surface area contributed by atoms with Crippen molar-refractivity contribution in [3.05, 3.63) is 76.5 Å². The van der Waals surface area contributed by atoms with Gasteiger partial charge in [-0.15, -0.1) is 0 Å². The number of carbonyl (C=O) groups is 1. The fraction of sp³-hybridized carbons (Fsp3) is 0.273. The van der Waals surface area contributed by atoms with Gasteiger partial charge in [-0.1, -0.05) is 18.2 Å². The molecule has 9 nitrogen and oxygen atoms in total. The molecule has 0 spiro atoms. The van der Waals surface area contributed by atoms with E-state index in [4.69, 9.17) is 9.47 Å². The first-order valence-electron chi connectivity index (χ1n) is 9.80. The number of carbonyl (C=O) groups excluding carboxylic acids is 1. The number of nitrogens with zero attached hydrogens (tertiary/aromatic N) is 3. The number of methoxy groups -OCH3 is 1. The smallest absolute Gasteiger partial charge is 0.269 e. The van der Waals surface area contributed by atoms with Crippen LogP contribution in [0.25, 0.3) is 16.9 Å². The predicted octanol–water partition coefficient (Wildman–Crippen LogP) is 2.77. The van der Waals surface area contributed by atoms with Crippen molar-refractivity contribution in [2.24, 2.45) is 0 Å². The zero-order valence-electron chi connectivity index (χ0n) is 17.2. The van der Waals surface area contributed by atoms with E-state index in [1.54, 1.807) is 30.1 Å². The summed E-state index contributed by atoms with van der Waals surface area (Å²) in [5, 5.41) is 18.4. The minimum absolute atomic E-state index is 0.000918. The number of nitro groups is 1. The molecule has 31 heavy (non-hydrogen) atoms. The summed E-state index contributed by atoms with van der Waals surface area (Å²) in [6, 6.07) is 15.7. The predicted molar refractivity (Wildman–Crippen MR) is 115 cm³/mol. The molecule has 2 aromatic carbocycles. The molecule has 3 aromatic rings. The van der Waals surface area contributed by atoms with Gasteiger partial charge in [-0.05, 0) is 24.3 Å². The Balaban J connectivity index is 1.76. The lowest BCUT2D eigenvalue weighted by Gasteiger charge is -2.06. The highest BCUT2D eigenvalue weighted by atomic mass is 16.6. The van der Waals surface area contributed by atoms with E-state index in [0.29, 0.717) is 37.6 Å². The minimum atomic E-state index is -0.449. The number of hydrogen-bond acceptors (Lipinski definition) is 6. The summed E-state index contributed by atoms with van der Waals surface area (Å²) in [7, 11) is 1.60. The Morgan fingerprint density at radius 2 is 1.84 bits per heavy atom. The summed E-state index contributed by atoms with van der Waals surface area (Å²) in [5.74, 6) is -0.161. The molecule has 0 aliphatic carbocycles. The number of aromatic nitrogens is 2.